The van der Waals surface area contributed by atoms with Gasteiger partial charge in [-0.05, 0) is 65.4 Å². The van der Waals surface area contributed by atoms with E-state index in [9.17, 15) is 13.2 Å². The summed E-state index contributed by atoms with van der Waals surface area (Å²) in [5.74, 6) is -0.335. The van der Waals surface area contributed by atoms with Crippen molar-refractivity contribution in [1.82, 2.24) is 4.72 Å². The summed E-state index contributed by atoms with van der Waals surface area (Å²) >= 11 is 2.16. The van der Waals surface area contributed by atoms with Crippen LogP contribution in [0.5, 0.6) is 0 Å². The zero-order chi connectivity index (χ0) is 17.0. The number of aryl methyl sites for hydroxylation is 1. The summed E-state index contributed by atoms with van der Waals surface area (Å²) in [5.41, 5.74) is 1.72. The molecule has 0 saturated carbocycles. The van der Waals surface area contributed by atoms with Crippen LogP contribution in [0.4, 0.5) is 5.69 Å². The predicted octanol–water partition coefficient (Wildman–Crippen LogP) is 3.15. The van der Waals surface area contributed by atoms with Crippen LogP contribution in [0.25, 0.3) is 0 Å². The molecule has 0 aliphatic heterocycles. The number of rotatable bonds is 5. The molecule has 5 nitrogen and oxygen atoms in total. The number of nitrogens with one attached hydrogen (secondary N) is 2. The molecule has 122 valence electrons. The van der Waals surface area contributed by atoms with Crippen LogP contribution in [0.2, 0.25) is 0 Å². The lowest BCUT2D eigenvalue weighted by atomic mass is 10.1. The van der Waals surface area contributed by atoms with Crippen LogP contribution in [0.15, 0.2) is 47.4 Å². The SMILES string of the molecule is CCNS(=O)(=O)c1ccc(C)c(C(=O)Nc2cccc(I)c2)c1. The zero-order valence-electron chi connectivity index (χ0n) is 12.8. The summed E-state index contributed by atoms with van der Waals surface area (Å²) in [7, 11) is -3.59. The minimum Gasteiger partial charge on any atom is -0.322 e. The van der Waals surface area contributed by atoms with Crippen molar-refractivity contribution in [3.05, 3.63) is 57.2 Å². The Morgan fingerprint density at radius 1 is 1.17 bits per heavy atom. The normalized spacial score (nSPS) is 11.3. The molecule has 0 heterocycles. The first kappa shape index (κ1) is 17.9. The summed E-state index contributed by atoms with van der Waals surface area (Å²) in [6.07, 6.45) is 0. The van der Waals surface area contributed by atoms with Gasteiger partial charge in [-0.1, -0.05) is 19.1 Å². The molecule has 2 aromatic rings. The molecule has 0 fully saturated rings. The Bertz CT molecular complexity index is 835. The highest BCUT2D eigenvalue weighted by Crippen LogP contribution is 2.18. The molecule has 0 aliphatic rings. The van der Waals surface area contributed by atoms with Crippen LogP contribution in [0, 0.1) is 10.5 Å². The molecule has 0 saturated heterocycles. The van der Waals surface area contributed by atoms with Crippen LogP contribution in [0.1, 0.15) is 22.8 Å². The minimum atomic E-state index is -3.59. The molecule has 0 aromatic heterocycles. The van der Waals surface area contributed by atoms with Gasteiger partial charge in [0.15, 0.2) is 0 Å². The Balaban J connectivity index is 2.33. The topological polar surface area (TPSA) is 75.3 Å². The van der Waals surface area contributed by atoms with E-state index in [4.69, 9.17) is 0 Å². The van der Waals surface area contributed by atoms with Crippen molar-refractivity contribution in [3.63, 3.8) is 0 Å². The lowest BCUT2D eigenvalue weighted by molar-refractivity contribution is 0.102. The Morgan fingerprint density at radius 2 is 1.91 bits per heavy atom. The molecule has 0 aliphatic carbocycles. The van der Waals surface area contributed by atoms with Gasteiger partial charge in [0.25, 0.3) is 5.91 Å². The second-order valence-electron chi connectivity index (χ2n) is 4.94. The van der Waals surface area contributed by atoms with E-state index < -0.39 is 10.0 Å². The minimum absolute atomic E-state index is 0.0812. The van der Waals surface area contributed by atoms with Gasteiger partial charge in [0, 0.05) is 21.4 Å². The standard InChI is InChI=1S/C16H17IN2O3S/c1-3-18-23(21,22)14-8-7-11(2)15(10-14)16(20)19-13-6-4-5-12(17)9-13/h4-10,18H,3H2,1-2H3,(H,19,20). The van der Waals surface area contributed by atoms with Crippen molar-refractivity contribution in [2.45, 2.75) is 18.7 Å². The number of hydrogen-bond acceptors (Lipinski definition) is 3. The quantitative estimate of drug-likeness (QED) is 0.696. The first-order valence-electron chi connectivity index (χ1n) is 7.00. The van der Waals surface area contributed by atoms with Gasteiger partial charge in [0.2, 0.25) is 10.0 Å². The Morgan fingerprint density at radius 3 is 2.57 bits per heavy atom. The molecule has 2 aromatic carbocycles. The largest absolute Gasteiger partial charge is 0.322 e. The predicted molar refractivity (Wildman–Crippen MR) is 99.2 cm³/mol. The van der Waals surface area contributed by atoms with Crippen LogP contribution >= 0.6 is 22.6 Å². The molecule has 7 heteroatoms. The molecule has 2 rings (SSSR count). The van der Waals surface area contributed by atoms with Crippen molar-refractivity contribution in [2.75, 3.05) is 11.9 Å². The maximum absolute atomic E-state index is 12.5. The number of hydrogen-bond donors (Lipinski definition) is 2. The van der Waals surface area contributed by atoms with E-state index in [0.29, 0.717) is 23.4 Å². The van der Waals surface area contributed by atoms with Crippen molar-refractivity contribution in [2.24, 2.45) is 0 Å². The van der Waals surface area contributed by atoms with Gasteiger partial charge in [-0.3, -0.25) is 4.79 Å². The average Bonchev–Trinajstić information content (AvgIpc) is 2.47. The fourth-order valence-corrected chi connectivity index (χ4v) is 3.66. The van der Waals surface area contributed by atoms with Gasteiger partial charge < -0.3 is 5.32 Å². The summed E-state index contributed by atoms with van der Waals surface area (Å²) < 4.78 is 27.6. The van der Waals surface area contributed by atoms with Crippen LogP contribution < -0.4 is 10.0 Å². The highest BCUT2D eigenvalue weighted by molar-refractivity contribution is 14.1. The smallest absolute Gasteiger partial charge is 0.255 e. The third-order valence-electron chi connectivity index (χ3n) is 3.18. The fraction of sp³-hybridized carbons (Fsp3) is 0.188. The Hall–Kier alpha value is -1.45. The molecule has 0 unspecified atom stereocenters. The Kier molecular flexibility index (Phi) is 5.77. The summed E-state index contributed by atoms with van der Waals surface area (Å²) in [6, 6.07) is 11.9. The van der Waals surface area contributed by atoms with E-state index >= 15 is 0 Å². The zero-order valence-corrected chi connectivity index (χ0v) is 15.7. The van der Waals surface area contributed by atoms with Gasteiger partial charge in [0.05, 0.1) is 4.90 Å². The average molecular weight is 444 g/mol. The number of carbonyl (C=O) groups is 1. The van der Waals surface area contributed by atoms with E-state index in [-0.39, 0.29) is 10.8 Å². The van der Waals surface area contributed by atoms with E-state index in [1.54, 1.807) is 26.0 Å². The fourth-order valence-electron chi connectivity index (χ4n) is 2.05. The monoisotopic (exact) mass is 444 g/mol. The molecule has 23 heavy (non-hydrogen) atoms. The van der Waals surface area contributed by atoms with Crippen molar-refractivity contribution in [1.29, 1.82) is 0 Å². The number of amides is 1. The van der Waals surface area contributed by atoms with Gasteiger partial charge in [0.1, 0.15) is 0 Å². The van der Waals surface area contributed by atoms with Crippen LogP contribution in [-0.2, 0) is 10.0 Å². The summed E-state index contributed by atoms with van der Waals surface area (Å²) in [5, 5.41) is 2.79. The van der Waals surface area contributed by atoms with E-state index in [1.165, 1.54) is 12.1 Å². The van der Waals surface area contributed by atoms with E-state index in [1.807, 2.05) is 18.2 Å². The summed E-state index contributed by atoms with van der Waals surface area (Å²) in [4.78, 5) is 12.5. The molecular formula is C16H17IN2O3S. The molecule has 0 atom stereocenters. The van der Waals surface area contributed by atoms with Gasteiger partial charge >= 0.3 is 0 Å². The molecule has 1 amide bonds. The molecular weight excluding hydrogens is 427 g/mol. The molecule has 0 radical (unpaired) electrons. The number of halogens is 1. The second kappa shape index (κ2) is 7.41. The number of anilines is 1. The third kappa shape index (κ3) is 4.52. The van der Waals surface area contributed by atoms with Gasteiger partial charge in [-0.2, -0.15) is 0 Å². The summed E-state index contributed by atoms with van der Waals surface area (Å²) in [6.45, 7) is 3.77. The van der Waals surface area contributed by atoms with Crippen molar-refractivity contribution < 1.29 is 13.2 Å². The first-order chi connectivity index (χ1) is 10.8. The second-order valence-corrected chi connectivity index (χ2v) is 7.96. The highest BCUT2D eigenvalue weighted by Gasteiger charge is 2.17. The maximum atomic E-state index is 12.5. The van der Waals surface area contributed by atoms with Crippen LogP contribution in [0.3, 0.4) is 0 Å². The lowest BCUT2D eigenvalue weighted by Gasteiger charge is -2.11. The van der Waals surface area contributed by atoms with E-state index in [0.717, 1.165) is 3.57 Å². The lowest BCUT2D eigenvalue weighted by Crippen LogP contribution is -2.24. The number of carbonyl (C=O) groups excluding carboxylic acids is 1. The van der Waals surface area contributed by atoms with Crippen LogP contribution in [-0.4, -0.2) is 20.9 Å². The third-order valence-corrected chi connectivity index (χ3v) is 5.40. The number of sulfonamides is 1. The molecule has 0 bridgehead atoms. The van der Waals surface area contributed by atoms with Gasteiger partial charge in [-0.15, -0.1) is 0 Å². The Labute approximate surface area is 149 Å². The maximum Gasteiger partial charge on any atom is 0.255 e. The van der Waals surface area contributed by atoms with E-state index in [2.05, 4.69) is 32.6 Å². The number of benzene rings is 2. The first-order valence-corrected chi connectivity index (χ1v) is 9.57. The highest BCUT2D eigenvalue weighted by atomic mass is 127. The van der Waals surface area contributed by atoms with Crippen molar-refractivity contribution >= 4 is 44.2 Å². The van der Waals surface area contributed by atoms with Gasteiger partial charge in [-0.25, -0.2) is 13.1 Å². The molecule has 0 spiro atoms. The molecule has 2 N–H and O–H groups in total. The van der Waals surface area contributed by atoms with Crippen molar-refractivity contribution in [3.8, 4) is 0 Å².